The molecule has 3 atom stereocenters. The number of carbonyl (C=O) groups excluding carboxylic acids is 2. The molecule has 2 amide bonds. The Morgan fingerprint density at radius 1 is 1.31 bits per heavy atom. The number of nitrogens with zero attached hydrogens (tertiary/aromatic N) is 3. The van der Waals surface area contributed by atoms with Crippen molar-refractivity contribution in [3.8, 4) is 0 Å². The maximum atomic E-state index is 13.1. The van der Waals surface area contributed by atoms with Gasteiger partial charge in [-0.25, -0.2) is 4.98 Å². The monoisotopic (exact) mass is 437 g/mol. The molecule has 0 aromatic carbocycles. The maximum absolute atomic E-state index is 13.1. The standard InChI is InChI=1S/C25H35N5O2/c1-5-6-10-25(12-18-11-19(18)13-25)16-26-24(32)21-8-7-9-22-28-20(15-30(21)22)23(31)27-17(2)14-29(3)4/h5,7-9,15,17-19H,1,6,10-14,16H2,2-4H3,(H,26,32)(H,27,31). The first-order valence-electron chi connectivity index (χ1n) is 11.6. The van der Waals surface area contributed by atoms with Gasteiger partial charge in [-0.3, -0.25) is 14.0 Å². The third-order valence-corrected chi connectivity index (χ3v) is 6.94. The summed E-state index contributed by atoms with van der Waals surface area (Å²) in [7, 11) is 3.93. The Bertz CT molecular complexity index is 1000. The Hall–Kier alpha value is -2.67. The second-order valence-electron chi connectivity index (χ2n) is 10.1. The van der Waals surface area contributed by atoms with Crippen molar-refractivity contribution in [1.29, 1.82) is 0 Å². The molecule has 0 bridgehead atoms. The van der Waals surface area contributed by atoms with Crippen molar-refractivity contribution in [1.82, 2.24) is 24.9 Å². The first-order valence-corrected chi connectivity index (χ1v) is 11.6. The van der Waals surface area contributed by atoms with Crippen LogP contribution in [0.1, 0.15) is 60.0 Å². The molecule has 2 aliphatic rings. The van der Waals surface area contributed by atoms with Crippen LogP contribution in [0.4, 0.5) is 0 Å². The number of carbonyl (C=O) groups is 2. The minimum Gasteiger partial charge on any atom is -0.350 e. The first kappa shape index (κ1) is 22.5. The number of hydrogen-bond donors (Lipinski definition) is 2. The van der Waals surface area contributed by atoms with Gasteiger partial charge in [0.25, 0.3) is 11.8 Å². The van der Waals surface area contributed by atoms with Gasteiger partial charge < -0.3 is 15.5 Å². The van der Waals surface area contributed by atoms with E-state index in [1.807, 2.05) is 44.1 Å². The number of fused-ring (bicyclic) bond motifs is 2. The number of aromatic nitrogens is 2. The molecule has 172 valence electrons. The summed E-state index contributed by atoms with van der Waals surface area (Å²) in [5.74, 6) is 1.34. The minimum atomic E-state index is -0.233. The van der Waals surface area contributed by atoms with Gasteiger partial charge >= 0.3 is 0 Å². The lowest BCUT2D eigenvalue weighted by Crippen LogP contribution is -2.39. The molecule has 2 N–H and O–H groups in total. The van der Waals surface area contributed by atoms with Crippen molar-refractivity contribution in [2.24, 2.45) is 17.3 Å². The SMILES string of the molecule is C=CCCC1(CNC(=O)c2cccc3nc(C(=O)NC(C)CN(C)C)cn23)CC2CC2C1. The van der Waals surface area contributed by atoms with Crippen LogP contribution < -0.4 is 10.6 Å². The highest BCUT2D eigenvalue weighted by Gasteiger charge is 2.53. The number of pyridine rings is 1. The maximum Gasteiger partial charge on any atom is 0.271 e. The van der Waals surface area contributed by atoms with Crippen molar-refractivity contribution in [2.45, 2.75) is 45.1 Å². The summed E-state index contributed by atoms with van der Waals surface area (Å²) in [6.07, 6.45) is 9.46. The van der Waals surface area contributed by atoms with E-state index in [9.17, 15) is 9.59 Å². The van der Waals surface area contributed by atoms with Gasteiger partial charge in [-0.15, -0.1) is 6.58 Å². The van der Waals surface area contributed by atoms with Gasteiger partial charge in [0, 0.05) is 25.3 Å². The number of allylic oxidation sites excluding steroid dienone is 1. The summed E-state index contributed by atoms with van der Waals surface area (Å²) in [6.45, 7) is 7.26. The normalized spacial score (nSPS) is 24.9. The topological polar surface area (TPSA) is 78.7 Å². The van der Waals surface area contributed by atoms with Crippen molar-refractivity contribution in [3.05, 3.63) is 48.4 Å². The van der Waals surface area contributed by atoms with E-state index in [1.54, 1.807) is 16.7 Å². The predicted molar refractivity (Wildman–Crippen MR) is 126 cm³/mol. The number of amides is 2. The average molecular weight is 438 g/mol. The molecular formula is C25H35N5O2. The van der Waals surface area contributed by atoms with Crippen LogP contribution in [0.25, 0.3) is 5.65 Å². The fourth-order valence-electron chi connectivity index (χ4n) is 5.41. The summed E-state index contributed by atoms with van der Waals surface area (Å²) in [6, 6.07) is 5.40. The first-order chi connectivity index (χ1) is 15.3. The Balaban J connectivity index is 1.46. The van der Waals surface area contributed by atoms with Gasteiger partial charge in [-0.2, -0.15) is 0 Å². The highest BCUT2D eigenvalue weighted by molar-refractivity contribution is 5.95. The Morgan fingerprint density at radius 2 is 2.06 bits per heavy atom. The molecular weight excluding hydrogens is 402 g/mol. The fourth-order valence-corrected chi connectivity index (χ4v) is 5.41. The zero-order valence-corrected chi connectivity index (χ0v) is 19.4. The van der Waals surface area contributed by atoms with Gasteiger partial charge in [0.15, 0.2) is 0 Å². The third kappa shape index (κ3) is 4.88. The van der Waals surface area contributed by atoms with Gasteiger partial charge in [0.1, 0.15) is 17.0 Å². The molecule has 32 heavy (non-hydrogen) atoms. The van der Waals surface area contributed by atoms with E-state index in [0.29, 0.717) is 23.6 Å². The molecule has 3 unspecified atom stereocenters. The number of nitrogens with one attached hydrogen (secondary N) is 2. The summed E-state index contributed by atoms with van der Waals surface area (Å²) in [4.78, 5) is 32.2. The van der Waals surface area contributed by atoms with Gasteiger partial charge in [0.2, 0.25) is 0 Å². The third-order valence-electron chi connectivity index (χ3n) is 6.94. The second kappa shape index (κ2) is 9.06. The van der Waals surface area contributed by atoms with Crippen LogP contribution in [0.15, 0.2) is 37.1 Å². The fraction of sp³-hybridized carbons (Fsp3) is 0.560. The van der Waals surface area contributed by atoms with Gasteiger partial charge in [-0.05, 0) is 82.5 Å². The molecule has 2 heterocycles. The molecule has 0 spiro atoms. The molecule has 2 aliphatic carbocycles. The smallest absolute Gasteiger partial charge is 0.271 e. The lowest BCUT2D eigenvalue weighted by Gasteiger charge is -2.31. The van der Waals surface area contributed by atoms with Crippen LogP contribution in [-0.2, 0) is 0 Å². The van der Waals surface area contributed by atoms with Crippen molar-refractivity contribution in [3.63, 3.8) is 0 Å². The molecule has 2 aromatic heterocycles. The molecule has 2 saturated carbocycles. The van der Waals surface area contributed by atoms with Gasteiger partial charge in [0.05, 0.1) is 0 Å². The summed E-state index contributed by atoms with van der Waals surface area (Å²) < 4.78 is 1.71. The molecule has 0 radical (unpaired) electrons. The van der Waals surface area contributed by atoms with Crippen LogP contribution in [0, 0.1) is 17.3 Å². The van der Waals surface area contributed by atoms with Crippen LogP contribution in [0.5, 0.6) is 0 Å². The Morgan fingerprint density at radius 3 is 2.75 bits per heavy atom. The minimum absolute atomic E-state index is 0.00513. The van der Waals surface area contributed by atoms with E-state index >= 15 is 0 Å². The van der Waals surface area contributed by atoms with Crippen LogP contribution >= 0.6 is 0 Å². The lowest BCUT2D eigenvalue weighted by atomic mass is 9.78. The van der Waals surface area contributed by atoms with Crippen LogP contribution in [0.3, 0.4) is 0 Å². The molecule has 4 rings (SSSR count). The van der Waals surface area contributed by atoms with Crippen molar-refractivity contribution >= 4 is 17.5 Å². The molecule has 2 fully saturated rings. The van der Waals surface area contributed by atoms with Crippen molar-refractivity contribution in [2.75, 3.05) is 27.2 Å². The van der Waals surface area contributed by atoms with Gasteiger partial charge in [-0.1, -0.05) is 12.1 Å². The number of imidazole rings is 1. The molecule has 7 nitrogen and oxygen atoms in total. The Labute approximate surface area is 190 Å². The molecule has 0 saturated heterocycles. The van der Waals surface area contributed by atoms with Crippen LogP contribution in [-0.4, -0.2) is 59.3 Å². The highest BCUT2D eigenvalue weighted by atomic mass is 16.2. The zero-order valence-electron chi connectivity index (χ0n) is 19.4. The molecule has 2 aromatic rings. The quantitative estimate of drug-likeness (QED) is 0.560. The van der Waals surface area contributed by atoms with E-state index in [-0.39, 0.29) is 23.3 Å². The largest absolute Gasteiger partial charge is 0.350 e. The van der Waals surface area contributed by atoms with E-state index in [2.05, 4.69) is 22.2 Å². The molecule has 0 aliphatic heterocycles. The van der Waals surface area contributed by atoms with E-state index < -0.39 is 0 Å². The predicted octanol–water partition coefficient (Wildman–Crippen LogP) is 3.13. The molecule has 7 heteroatoms. The lowest BCUT2D eigenvalue weighted by molar-refractivity contribution is 0.0911. The number of rotatable bonds is 10. The number of likely N-dealkylation sites (N-methyl/N-ethyl adjacent to an activating group) is 1. The second-order valence-corrected chi connectivity index (χ2v) is 10.1. The van der Waals surface area contributed by atoms with E-state index in [0.717, 1.165) is 31.2 Å². The van der Waals surface area contributed by atoms with E-state index in [4.69, 9.17) is 0 Å². The summed E-state index contributed by atoms with van der Waals surface area (Å²) in [5.41, 5.74) is 1.59. The van der Waals surface area contributed by atoms with Crippen molar-refractivity contribution < 1.29 is 9.59 Å². The average Bonchev–Trinajstić information content (AvgIpc) is 3.16. The Kier molecular flexibility index (Phi) is 6.38. The van der Waals surface area contributed by atoms with E-state index in [1.165, 1.54) is 19.3 Å². The number of hydrogen-bond acceptors (Lipinski definition) is 4. The summed E-state index contributed by atoms with van der Waals surface area (Å²) >= 11 is 0. The van der Waals surface area contributed by atoms with Crippen LogP contribution in [0.2, 0.25) is 0 Å². The summed E-state index contributed by atoms with van der Waals surface area (Å²) in [5, 5.41) is 6.16. The highest BCUT2D eigenvalue weighted by Crippen LogP contribution is 2.61. The zero-order chi connectivity index (χ0) is 22.9.